The molecular formula is C15H22N2O3S. The minimum Gasteiger partial charge on any atom is -0.318 e. The van der Waals surface area contributed by atoms with Gasteiger partial charge in [-0.1, -0.05) is 17.7 Å². The minimum absolute atomic E-state index is 0.00911. The molecule has 0 bridgehead atoms. The number of anilines is 1. The van der Waals surface area contributed by atoms with Crippen LogP contribution in [0, 0.1) is 6.92 Å². The highest BCUT2D eigenvalue weighted by Gasteiger charge is 2.36. The van der Waals surface area contributed by atoms with Crippen molar-refractivity contribution in [3.8, 4) is 0 Å². The third-order valence-corrected chi connectivity index (χ3v) is 4.58. The predicted octanol–water partition coefficient (Wildman–Crippen LogP) is 2.42. The molecule has 1 unspecified atom stereocenters. The molecule has 5 nitrogen and oxygen atoms in total. The Morgan fingerprint density at radius 2 is 1.90 bits per heavy atom. The molecule has 1 aliphatic carbocycles. The number of nitrogens with zero attached hydrogens (tertiary/aromatic N) is 1. The van der Waals surface area contributed by atoms with Gasteiger partial charge in [0.15, 0.2) is 0 Å². The highest BCUT2D eigenvalue weighted by molar-refractivity contribution is 7.90. The summed E-state index contributed by atoms with van der Waals surface area (Å²) >= 11 is 0. The number of amides is 2. The smallest absolute Gasteiger partial charge is 0.318 e. The van der Waals surface area contributed by atoms with E-state index in [-0.39, 0.29) is 23.9 Å². The SMILES string of the molecule is Cc1ccc(NC(=O)N(C(C)CS(C)(=O)=O)C2CC2)cc1. The number of carbonyl (C=O) groups is 1. The molecule has 116 valence electrons. The molecule has 21 heavy (non-hydrogen) atoms. The molecule has 1 fully saturated rings. The average Bonchev–Trinajstić information content (AvgIpc) is 3.14. The summed E-state index contributed by atoms with van der Waals surface area (Å²) in [6, 6.07) is 7.16. The molecule has 6 heteroatoms. The van der Waals surface area contributed by atoms with Crippen LogP contribution in [0.4, 0.5) is 10.5 Å². The topological polar surface area (TPSA) is 66.5 Å². The fraction of sp³-hybridized carbons (Fsp3) is 0.533. The highest BCUT2D eigenvalue weighted by atomic mass is 32.2. The van der Waals surface area contributed by atoms with Crippen LogP contribution >= 0.6 is 0 Å². The molecule has 0 saturated heterocycles. The van der Waals surface area contributed by atoms with E-state index in [1.807, 2.05) is 31.2 Å². The Bertz CT molecular complexity index is 606. The van der Waals surface area contributed by atoms with Crippen molar-refractivity contribution in [3.63, 3.8) is 0 Å². The molecular weight excluding hydrogens is 288 g/mol. The number of nitrogens with one attached hydrogen (secondary N) is 1. The second-order valence-corrected chi connectivity index (χ2v) is 8.06. The molecule has 1 aliphatic rings. The van der Waals surface area contributed by atoms with Crippen molar-refractivity contribution < 1.29 is 13.2 Å². The van der Waals surface area contributed by atoms with Crippen LogP contribution in [-0.4, -0.2) is 43.4 Å². The lowest BCUT2D eigenvalue weighted by Gasteiger charge is -2.29. The van der Waals surface area contributed by atoms with E-state index in [4.69, 9.17) is 0 Å². The van der Waals surface area contributed by atoms with E-state index in [1.165, 1.54) is 6.26 Å². The zero-order chi connectivity index (χ0) is 15.6. The van der Waals surface area contributed by atoms with Crippen LogP contribution in [0.5, 0.6) is 0 Å². The summed E-state index contributed by atoms with van der Waals surface area (Å²) in [7, 11) is -3.11. The molecule has 0 aromatic heterocycles. The molecule has 1 aromatic rings. The number of benzene rings is 1. The van der Waals surface area contributed by atoms with Gasteiger partial charge in [0.25, 0.3) is 0 Å². The molecule has 2 rings (SSSR count). The predicted molar refractivity (Wildman–Crippen MR) is 84.2 cm³/mol. The molecule has 0 radical (unpaired) electrons. The van der Waals surface area contributed by atoms with Crippen LogP contribution < -0.4 is 5.32 Å². The number of hydrogen-bond donors (Lipinski definition) is 1. The third-order valence-electron chi connectivity index (χ3n) is 3.50. The Hall–Kier alpha value is -1.56. The van der Waals surface area contributed by atoms with Gasteiger partial charge < -0.3 is 10.2 Å². The van der Waals surface area contributed by atoms with Crippen LogP contribution in [0.3, 0.4) is 0 Å². The first-order valence-electron chi connectivity index (χ1n) is 7.10. The van der Waals surface area contributed by atoms with Crippen molar-refractivity contribution >= 4 is 21.6 Å². The maximum Gasteiger partial charge on any atom is 0.322 e. The van der Waals surface area contributed by atoms with Gasteiger partial charge in [0.05, 0.1) is 5.75 Å². The van der Waals surface area contributed by atoms with E-state index in [0.29, 0.717) is 0 Å². The van der Waals surface area contributed by atoms with Gasteiger partial charge in [0.2, 0.25) is 0 Å². The Kier molecular flexibility index (Phi) is 4.56. The first-order valence-corrected chi connectivity index (χ1v) is 9.16. The summed E-state index contributed by atoms with van der Waals surface area (Å²) < 4.78 is 22.9. The summed E-state index contributed by atoms with van der Waals surface area (Å²) in [6.07, 6.45) is 3.08. The van der Waals surface area contributed by atoms with E-state index >= 15 is 0 Å². The summed E-state index contributed by atoms with van der Waals surface area (Å²) in [5.41, 5.74) is 1.85. The zero-order valence-corrected chi connectivity index (χ0v) is 13.5. The number of rotatable bonds is 5. The zero-order valence-electron chi connectivity index (χ0n) is 12.7. The fourth-order valence-electron chi connectivity index (χ4n) is 2.42. The van der Waals surface area contributed by atoms with Crippen LogP contribution in [-0.2, 0) is 9.84 Å². The lowest BCUT2D eigenvalue weighted by molar-refractivity contribution is 0.194. The Balaban J connectivity index is 2.07. The summed E-state index contributed by atoms with van der Waals surface area (Å²) in [5, 5.41) is 2.85. The minimum atomic E-state index is -3.11. The number of aryl methyl sites for hydroxylation is 1. The molecule has 0 spiro atoms. The van der Waals surface area contributed by atoms with Gasteiger partial charge in [-0.3, -0.25) is 0 Å². The molecule has 1 atom stereocenters. The fourth-order valence-corrected chi connectivity index (χ4v) is 3.46. The molecule has 0 aliphatic heterocycles. The number of hydrogen-bond acceptors (Lipinski definition) is 3. The molecule has 2 amide bonds. The van der Waals surface area contributed by atoms with Gasteiger partial charge >= 0.3 is 6.03 Å². The highest BCUT2D eigenvalue weighted by Crippen LogP contribution is 2.29. The second-order valence-electron chi connectivity index (χ2n) is 5.88. The maximum absolute atomic E-state index is 12.4. The van der Waals surface area contributed by atoms with Crippen molar-refractivity contribution in [3.05, 3.63) is 29.8 Å². The van der Waals surface area contributed by atoms with Crippen LogP contribution in [0.25, 0.3) is 0 Å². The standard InChI is InChI=1S/C15H22N2O3S/c1-11-4-6-13(7-5-11)16-15(18)17(14-8-9-14)12(2)10-21(3,19)20/h4-7,12,14H,8-10H2,1-3H3,(H,16,18). The van der Waals surface area contributed by atoms with Crippen molar-refractivity contribution in [1.82, 2.24) is 4.90 Å². The van der Waals surface area contributed by atoms with Crippen LogP contribution in [0.15, 0.2) is 24.3 Å². The van der Waals surface area contributed by atoms with Gasteiger partial charge in [-0.2, -0.15) is 0 Å². The van der Waals surface area contributed by atoms with E-state index in [9.17, 15) is 13.2 Å². The van der Waals surface area contributed by atoms with Crippen molar-refractivity contribution in [2.24, 2.45) is 0 Å². The largest absolute Gasteiger partial charge is 0.322 e. The van der Waals surface area contributed by atoms with Gasteiger partial charge in [-0.15, -0.1) is 0 Å². The first kappa shape index (κ1) is 15.8. The van der Waals surface area contributed by atoms with E-state index in [0.717, 1.165) is 24.1 Å². The van der Waals surface area contributed by atoms with Crippen molar-refractivity contribution in [2.75, 3.05) is 17.3 Å². The number of sulfone groups is 1. The lowest BCUT2D eigenvalue weighted by Crippen LogP contribution is -2.45. The Morgan fingerprint density at radius 1 is 1.33 bits per heavy atom. The maximum atomic E-state index is 12.4. The van der Waals surface area contributed by atoms with E-state index < -0.39 is 9.84 Å². The van der Waals surface area contributed by atoms with E-state index in [1.54, 1.807) is 11.8 Å². The monoisotopic (exact) mass is 310 g/mol. The molecule has 1 N–H and O–H groups in total. The molecule has 0 heterocycles. The first-order chi connectivity index (χ1) is 9.76. The van der Waals surface area contributed by atoms with Crippen LogP contribution in [0.2, 0.25) is 0 Å². The lowest BCUT2D eigenvalue weighted by atomic mass is 10.2. The van der Waals surface area contributed by atoms with Gasteiger partial charge in [0.1, 0.15) is 9.84 Å². The number of urea groups is 1. The van der Waals surface area contributed by atoms with Crippen LogP contribution in [0.1, 0.15) is 25.3 Å². The third kappa shape index (κ3) is 4.74. The summed E-state index contributed by atoms with van der Waals surface area (Å²) in [4.78, 5) is 14.1. The average molecular weight is 310 g/mol. The van der Waals surface area contributed by atoms with Gasteiger partial charge in [-0.05, 0) is 38.8 Å². The second kappa shape index (κ2) is 6.05. The molecule has 1 aromatic carbocycles. The molecule has 1 saturated carbocycles. The number of carbonyl (C=O) groups excluding carboxylic acids is 1. The summed E-state index contributed by atoms with van der Waals surface area (Å²) in [6.45, 7) is 3.77. The van der Waals surface area contributed by atoms with E-state index in [2.05, 4.69) is 5.32 Å². The normalized spacial score (nSPS) is 16.3. The van der Waals surface area contributed by atoms with Crippen molar-refractivity contribution in [2.45, 2.75) is 38.8 Å². The van der Waals surface area contributed by atoms with Gasteiger partial charge in [0, 0.05) is 24.0 Å². The summed E-state index contributed by atoms with van der Waals surface area (Å²) in [5.74, 6) is -0.00911. The quantitative estimate of drug-likeness (QED) is 0.908. The Labute approximate surface area is 126 Å². The Morgan fingerprint density at radius 3 is 2.38 bits per heavy atom. The van der Waals surface area contributed by atoms with Gasteiger partial charge in [-0.25, -0.2) is 13.2 Å². The van der Waals surface area contributed by atoms with Crippen molar-refractivity contribution in [1.29, 1.82) is 0 Å².